The summed E-state index contributed by atoms with van der Waals surface area (Å²) in [7, 11) is -5.27. The van der Waals surface area contributed by atoms with Crippen molar-refractivity contribution in [2.24, 2.45) is 5.92 Å². The molecule has 10 heteroatoms. The molecule has 2 fully saturated rings. The first-order valence-corrected chi connectivity index (χ1v) is 9.36. The first-order valence-electron chi connectivity index (χ1n) is 7.92. The van der Waals surface area contributed by atoms with E-state index in [2.05, 4.69) is 4.98 Å². The van der Waals surface area contributed by atoms with Crippen LogP contribution in [0.25, 0.3) is 0 Å². The van der Waals surface area contributed by atoms with Crippen molar-refractivity contribution in [3.63, 3.8) is 0 Å². The monoisotopic (exact) mass is 380 g/mol. The smallest absolute Gasteiger partial charge is 0.377 e. The summed E-state index contributed by atoms with van der Waals surface area (Å²) in [5.41, 5.74) is -5.09. The number of hydrogen-bond donors (Lipinski definition) is 0. The van der Waals surface area contributed by atoms with Gasteiger partial charge in [-0.25, -0.2) is 8.42 Å². The largest absolute Gasteiger partial charge is 0.511 e. The quantitative estimate of drug-likeness (QED) is 0.706. The molecule has 140 valence electrons. The lowest BCUT2D eigenvalue weighted by molar-refractivity contribution is -0.115. The highest BCUT2D eigenvalue weighted by molar-refractivity contribution is 7.90. The summed E-state index contributed by atoms with van der Waals surface area (Å²) >= 11 is 0. The molecule has 6 nitrogen and oxygen atoms in total. The molecule has 2 aliphatic rings. The van der Waals surface area contributed by atoms with Crippen LogP contribution in [-0.2, 0) is 26.1 Å². The van der Waals surface area contributed by atoms with E-state index in [9.17, 15) is 21.6 Å². The lowest BCUT2D eigenvalue weighted by Crippen LogP contribution is -2.67. The summed E-state index contributed by atoms with van der Waals surface area (Å²) in [6, 6.07) is 3.68. The second-order valence-corrected chi connectivity index (χ2v) is 8.24. The molecule has 0 amide bonds. The molecule has 1 spiro atoms. The summed E-state index contributed by atoms with van der Waals surface area (Å²) in [5, 5.41) is 0. The maximum atomic E-state index is 12.6. The van der Waals surface area contributed by atoms with Crippen LogP contribution in [0.1, 0.15) is 18.4 Å². The number of alkyl halides is 3. The third kappa shape index (κ3) is 3.67. The average Bonchev–Trinajstić information content (AvgIpc) is 2.94. The summed E-state index contributed by atoms with van der Waals surface area (Å²) in [6.45, 7) is 0.796. The molecular formula is C15H19F3N2O4S. The van der Waals surface area contributed by atoms with Crippen LogP contribution in [0.3, 0.4) is 0 Å². The van der Waals surface area contributed by atoms with Crippen molar-refractivity contribution in [2.45, 2.75) is 30.6 Å². The summed E-state index contributed by atoms with van der Waals surface area (Å²) in [4.78, 5) is 3.91. The molecular weight excluding hydrogens is 361 g/mol. The first kappa shape index (κ1) is 18.6. The van der Waals surface area contributed by atoms with Gasteiger partial charge in [0.25, 0.3) is 0 Å². The molecule has 0 saturated carbocycles. The Kier molecular flexibility index (Phi) is 5.06. The van der Waals surface area contributed by atoms with Gasteiger partial charge in [0.2, 0.25) is 0 Å². The van der Waals surface area contributed by atoms with Crippen molar-refractivity contribution >= 4 is 10.0 Å². The SMILES string of the molecule is O=S(=O)(N1CC2(C1)OCC[C@H]2CCOCc1ccncc1)C(F)(F)F. The molecule has 0 bridgehead atoms. The Morgan fingerprint density at radius 2 is 2.00 bits per heavy atom. The molecule has 0 unspecified atom stereocenters. The van der Waals surface area contributed by atoms with Gasteiger partial charge in [0.15, 0.2) is 0 Å². The van der Waals surface area contributed by atoms with E-state index in [1.807, 2.05) is 12.1 Å². The van der Waals surface area contributed by atoms with Gasteiger partial charge in [0, 0.05) is 38.7 Å². The highest BCUT2D eigenvalue weighted by Crippen LogP contribution is 2.44. The maximum Gasteiger partial charge on any atom is 0.511 e. The molecule has 1 aromatic heterocycles. The number of halogens is 3. The topological polar surface area (TPSA) is 68.7 Å². The molecule has 0 radical (unpaired) electrons. The Morgan fingerprint density at radius 1 is 1.32 bits per heavy atom. The fourth-order valence-electron chi connectivity index (χ4n) is 3.30. The molecule has 3 heterocycles. The van der Waals surface area contributed by atoms with Gasteiger partial charge in [-0.2, -0.15) is 17.5 Å². The third-order valence-electron chi connectivity index (χ3n) is 4.75. The van der Waals surface area contributed by atoms with Gasteiger partial charge in [0.1, 0.15) is 0 Å². The highest BCUT2D eigenvalue weighted by atomic mass is 32.2. The van der Waals surface area contributed by atoms with E-state index < -0.39 is 21.1 Å². The van der Waals surface area contributed by atoms with Crippen molar-refractivity contribution in [1.82, 2.24) is 9.29 Å². The zero-order valence-corrected chi connectivity index (χ0v) is 14.2. The number of pyridine rings is 1. The van der Waals surface area contributed by atoms with Crippen LogP contribution in [0, 0.1) is 5.92 Å². The van der Waals surface area contributed by atoms with Crippen LogP contribution >= 0.6 is 0 Å². The molecule has 1 aromatic rings. The van der Waals surface area contributed by atoms with Gasteiger partial charge in [0.05, 0.1) is 12.2 Å². The third-order valence-corrected chi connectivity index (χ3v) is 6.27. The minimum absolute atomic E-state index is 0.00961. The Balaban J connectivity index is 1.49. The summed E-state index contributed by atoms with van der Waals surface area (Å²) < 4.78 is 72.3. The van der Waals surface area contributed by atoms with E-state index in [4.69, 9.17) is 9.47 Å². The molecule has 0 aromatic carbocycles. The van der Waals surface area contributed by atoms with Gasteiger partial charge in [-0.15, -0.1) is 0 Å². The van der Waals surface area contributed by atoms with Crippen molar-refractivity contribution in [3.05, 3.63) is 30.1 Å². The van der Waals surface area contributed by atoms with Gasteiger partial charge < -0.3 is 9.47 Å². The first-order chi connectivity index (χ1) is 11.7. The fraction of sp³-hybridized carbons (Fsp3) is 0.667. The Bertz CT molecular complexity index is 690. The lowest BCUT2D eigenvalue weighted by atomic mass is 9.80. The van der Waals surface area contributed by atoms with Crippen LogP contribution in [0.2, 0.25) is 0 Å². The molecule has 3 rings (SSSR count). The maximum absolute atomic E-state index is 12.6. The molecule has 25 heavy (non-hydrogen) atoms. The van der Waals surface area contributed by atoms with Crippen LogP contribution in [0.15, 0.2) is 24.5 Å². The number of sulfonamides is 1. The average molecular weight is 380 g/mol. The predicted molar refractivity (Wildman–Crippen MR) is 81.8 cm³/mol. The Hall–Kier alpha value is -1.23. The number of rotatable bonds is 6. The van der Waals surface area contributed by atoms with Crippen molar-refractivity contribution in [1.29, 1.82) is 0 Å². The summed E-state index contributed by atoms with van der Waals surface area (Å²) in [5.74, 6) is -0.00961. The second-order valence-electron chi connectivity index (χ2n) is 6.31. The normalized spacial score (nSPS) is 23.7. The highest BCUT2D eigenvalue weighted by Gasteiger charge is 2.61. The zero-order chi connectivity index (χ0) is 18.1. The Morgan fingerprint density at radius 3 is 2.64 bits per heavy atom. The van der Waals surface area contributed by atoms with E-state index >= 15 is 0 Å². The van der Waals surface area contributed by atoms with Crippen molar-refractivity contribution in [2.75, 3.05) is 26.3 Å². The molecule has 2 saturated heterocycles. The van der Waals surface area contributed by atoms with E-state index in [0.717, 1.165) is 5.56 Å². The number of ether oxygens (including phenoxy) is 2. The van der Waals surface area contributed by atoms with Gasteiger partial charge in [-0.1, -0.05) is 0 Å². The van der Waals surface area contributed by atoms with Crippen molar-refractivity contribution < 1.29 is 31.1 Å². The van der Waals surface area contributed by atoms with Crippen LogP contribution in [-0.4, -0.2) is 55.1 Å². The van der Waals surface area contributed by atoms with E-state index in [-0.39, 0.29) is 19.0 Å². The van der Waals surface area contributed by atoms with Gasteiger partial charge >= 0.3 is 15.5 Å². The van der Waals surface area contributed by atoms with E-state index in [1.54, 1.807) is 12.4 Å². The minimum atomic E-state index is -5.27. The van der Waals surface area contributed by atoms with E-state index in [1.165, 1.54) is 0 Å². The van der Waals surface area contributed by atoms with Crippen LogP contribution in [0.4, 0.5) is 13.2 Å². The molecule has 0 aliphatic carbocycles. The number of nitrogens with zero attached hydrogens (tertiary/aromatic N) is 2. The minimum Gasteiger partial charge on any atom is -0.377 e. The van der Waals surface area contributed by atoms with Gasteiger partial charge in [-0.05, 0) is 36.5 Å². The number of aromatic nitrogens is 1. The lowest BCUT2D eigenvalue weighted by Gasteiger charge is -2.49. The molecule has 1 atom stereocenters. The molecule has 2 aliphatic heterocycles. The number of hydrogen-bond acceptors (Lipinski definition) is 5. The standard InChI is InChI=1S/C15H19F3N2O4S/c16-15(17,18)25(21,22)20-10-14(11-20)13(4-8-24-14)3-7-23-9-12-1-5-19-6-2-12/h1-2,5-6,13H,3-4,7-11H2/t13-/m1/s1. The van der Waals surface area contributed by atoms with E-state index in [0.29, 0.717) is 37.0 Å². The van der Waals surface area contributed by atoms with Gasteiger partial charge in [-0.3, -0.25) is 4.98 Å². The second kappa shape index (κ2) is 6.82. The summed E-state index contributed by atoms with van der Waals surface area (Å²) in [6.07, 6.45) is 4.65. The predicted octanol–water partition coefficient (Wildman–Crippen LogP) is 1.93. The van der Waals surface area contributed by atoms with Crippen LogP contribution in [0.5, 0.6) is 0 Å². The van der Waals surface area contributed by atoms with Crippen LogP contribution < -0.4 is 0 Å². The Labute approximate surface area is 144 Å². The van der Waals surface area contributed by atoms with Crippen molar-refractivity contribution in [3.8, 4) is 0 Å². The zero-order valence-electron chi connectivity index (χ0n) is 13.4. The fourth-order valence-corrected chi connectivity index (χ4v) is 4.37. The molecule has 0 N–H and O–H groups in total.